The molecule has 0 bridgehead atoms. The molecule has 3 N–H and O–H groups in total. The zero-order valence-corrected chi connectivity index (χ0v) is 9.89. The second kappa shape index (κ2) is 4.82. The number of imidazole rings is 1. The lowest BCUT2D eigenvalue weighted by atomic mass is 10.4. The molecule has 2 aromatic heterocycles. The van der Waals surface area contributed by atoms with Gasteiger partial charge < -0.3 is 20.1 Å². The molecular formula is C9H12ClN5O2. The van der Waals surface area contributed by atoms with Crippen LogP contribution < -0.4 is 5.32 Å². The molecule has 0 aliphatic heterocycles. The maximum atomic E-state index is 9.39. The molecule has 0 aromatic carbocycles. The predicted octanol–water partition coefficient (Wildman–Crippen LogP) is -0.125. The Morgan fingerprint density at radius 2 is 2.29 bits per heavy atom. The predicted molar refractivity (Wildman–Crippen MR) is 63.0 cm³/mol. The fraction of sp³-hybridized carbons (Fsp3) is 0.444. The molecule has 92 valence electrons. The van der Waals surface area contributed by atoms with Crippen LogP contribution in [0, 0.1) is 0 Å². The van der Waals surface area contributed by atoms with E-state index in [1.807, 2.05) is 0 Å². The first-order valence-electron chi connectivity index (χ1n) is 5.00. The number of rotatable bonds is 4. The van der Waals surface area contributed by atoms with Crippen LogP contribution in [0.2, 0.25) is 5.28 Å². The van der Waals surface area contributed by atoms with E-state index in [2.05, 4.69) is 20.3 Å². The SMILES string of the molecule is CNc1nc(Cl)nc2c1ncn2C[C@H](O)CO. The summed E-state index contributed by atoms with van der Waals surface area (Å²) in [5, 5.41) is 21.2. The van der Waals surface area contributed by atoms with Crippen LogP contribution in [0.3, 0.4) is 0 Å². The van der Waals surface area contributed by atoms with Gasteiger partial charge in [0.05, 0.1) is 25.6 Å². The van der Waals surface area contributed by atoms with Crippen LogP contribution in [0.25, 0.3) is 11.2 Å². The third-order valence-corrected chi connectivity index (χ3v) is 2.46. The Morgan fingerprint density at radius 1 is 1.53 bits per heavy atom. The lowest BCUT2D eigenvalue weighted by Crippen LogP contribution is -2.19. The van der Waals surface area contributed by atoms with Gasteiger partial charge in [0.15, 0.2) is 17.0 Å². The summed E-state index contributed by atoms with van der Waals surface area (Å²) in [7, 11) is 1.71. The first-order valence-corrected chi connectivity index (χ1v) is 5.38. The number of nitrogens with one attached hydrogen (secondary N) is 1. The number of fused-ring (bicyclic) bond motifs is 1. The molecule has 0 aliphatic rings. The van der Waals surface area contributed by atoms with Gasteiger partial charge in [-0.25, -0.2) is 4.98 Å². The molecule has 0 unspecified atom stereocenters. The minimum absolute atomic E-state index is 0.0992. The van der Waals surface area contributed by atoms with Crippen molar-refractivity contribution in [1.82, 2.24) is 19.5 Å². The summed E-state index contributed by atoms with van der Waals surface area (Å²) >= 11 is 5.79. The molecule has 2 aromatic rings. The number of aliphatic hydroxyl groups excluding tert-OH is 2. The van der Waals surface area contributed by atoms with Gasteiger partial charge in [-0.3, -0.25) is 0 Å². The van der Waals surface area contributed by atoms with Crippen molar-refractivity contribution in [2.75, 3.05) is 19.0 Å². The lowest BCUT2D eigenvalue weighted by Gasteiger charge is -2.08. The topological polar surface area (TPSA) is 96.1 Å². The highest BCUT2D eigenvalue weighted by molar-refractivity contribution is 6.28. The van der Waals surface area contributed by atoms with Crippen molar-refractivity contribution in [3.05, 3.63) is 11.6 Å². The van der Waals surface area contributed by atoms with E-state index in [0.717, 1.165) is 0 Å². The van der Waals surface area contributed by atoms with Gasteiger partial charge in [0.25, 0.3) is 0 Å². The van der Waals surface area contributed by atoms with Crippen molar-refractivity contribution >= 4 is 28.6 Å². The monoisotopic (exact) mass is 257 g/mol. The van der Waals surface area contributed by atoms with E-state index in [0.29, 0.717) is 17.0 Å². The summed E-state index contributed by atoms with van der Waals surface area (Å²) in [6, 6.07) is 0. The second-order valence-electron chi connectivity index (χ2n) is 3.50. The molecule has 0 saturated heterocycles. The molecule has 0 aliphatic carbocycles. The maximum Gasteiger partial charge on any atom is 0.226 e. The Labute approximate surface area is 102 Å². The Balaban J connectivity index is 2.48. The van der Waals surface area contributed by atoms with E-state index < -0.39 is 6.10 Å². The van der Waals surface area contributed by atoms with Gasteiger partial charge >= 0.3 is 0 Å². The average molecular weight is 258 g/mol. The van der Waals surface area contributed by atoms with E-state index in [-0.39, 0.29) is 18.4 Å². The Hall–Kier alpha value is -1.44. The minimum Gasteiger partial charge on any atom is -0.394 e. The first kappa shape index (κ1) is 12.0. The third-order valence-electron chi connectivity index (χ3n) is 2.29. The van der Waals surface area contributed by atoms with Crippen molar-refractivity contribution < 1.29 is 10.2 Å². The van der Waals surface area contributed by atoms with E-state index in [1.165, 1.54) is 6.33 Å². The number of nitrogens with zero attached hydrogens (tertiary/aromatic N) is 4. The van der Waals surface area contributed by atoms with Crippen molar-refractivity contribution in [2.45, 2.75) is 12.6 Å². The zero-order valence-electron chi connectivity index (χ0n) is 9.13. The third kappa shape index (κ3) is 2.31. The van der Waals surface area contributed by atoms with Gasteiger partial charge in [0.2, 0.25) is 5.28 Å². The minimum atomic E-state index is -0.862. The van der Waals surface area contributed by atoms with E-state index in [9.17, 15) is 5.11 Å². The Bertz CT molecular complexity index is 529. The molecule has 0 radical (unpaired) electrons. The Kier molecular flexibility index (Phi) is 3.41. The van der Waals surface area contributed by atoms with Crippen molar-refractivity contribution in [1.29, 1.82) is 0 Å². The molecule has 0 saturated carbocycles. The first-order chi connectivity index (χ1) is 8.15. The average Bonchev–Trinajstić information content (AvgIpc) is 2.71. The quantitative estimate of drug-likeness (QED) is 0.661. The smallest absolute Gasteiger partial charge is 0.226 e. The number of anilines is 1. The molecule has 17 heavy (non-hydrogen) atoms. The number of hydrogen-bond acceptors (Lipinski definition) is 6. The summed E-state index contributed by atoms with van der Waals surface area (Å²) in [5.41, 5.74) is 1.09. The molecule has 2 rings (SSSR count). The fourth-order valence-electron chi connectivity index (χ4n) is 1.51. The standard InChI is InChI=1S/C9H12ClN5O2/c1-11-7-6-8(14-9(10)13-7)15(4-12-6)2-5(17)3-16/h4-5,16-17H,2-3H2,1H3,(H,11,13,14)/t5-/m0/s1. The molecule has 2 heterocycles. The van der Waals surface area contributed by atoms with E-state index in [1.54, 1.807) is 11.6 Å². The molecule has 0 fully saturated rings. The number of aliphatic hydroxyl groups is 2. The van der Waals surface area contributed by atoms with Crippen LogP contribution in [0.1, 0.15) is 0 Å². The van der Waals surface area contributed by atoms with Gasteiger partial charge in [-0.05, 0) is 11.6 Å². The summed E-state index contributed by atoms with van der Waals surface area (Å²) in [5.74, 6) is 0.525. The van der Waals surface area contributed by atoms with Crippen LogP contribution in [0.4, 0.5) is 5.82 Å². The maximum absolute atomic E-state index is 9.39. The van der Waals surface area contributed by atoms with Crippen LogP contribution in [-0.4, -0.2) is 49.5 Å². The van der Waals surface area contributed by atoms with Gasteiger partial charge in [-0.15, -0.1) is 0 Å². The summed E-state index contributed by atoms with van der Waals surface area (Å²) in [6.07, 6.45) is 0.661. The van der Waals surface area contributed by atoms with Crippen molar-refractivity contribution in [3.63, 3.8) is 0 Å². The van der Waals surface area contributed by atoms with Crippen LogP contribution in [0.5, 0.6) is 0 Å². The highest BCUT2D eigenvalue weighted by atomic mass is 35.5. The van der Waals surface area contributed by atoms with Crippen LogP contribution in [-0.2, 0) is 6.54 Å². The van der Waals surface area contributed by atoms with Crippen molar-refractivity contribution in [2.24, 2.45) is 0 Å². The van der Waals surface area contributed by atoms with E-state index >= 15 is 0 Å². The second-order valence-corrected chi connectivity index (χ2v) is 3.83. The van der Waals surface area contributed by atoms with Gasteiger partial charge in [0, 0.05) is 7.05 Å². The summed E-state index contributed by atoms with van der Waals surface area (Å²) < 4.78 is 1.62. The molecule has 0 amide bonds. The van der Waals surface area contributed by atoms with Crippen LogP contribution >= 0.6 is 11.6 Å². The lowest BCUT2D eigenvalue weighted by molar-refractivity contribution is 0.0820. The highest BCUT2D eigenvalue weighted by Crippen LogP contribution is 2.20. The highest BCUT2D eigenvalue weighted by Gasteiger charge is 2.13. The van der Waals surface area contributed by atoms with E-state index in [4.69, 9.17) is 16.7 Å². The van der Waals surface area contributed by atoms with Gasteiger partial charge in [0.1, 0.15) is 0 Å². The van der Waals surface area contributed by atoms with Crippen molar-refractivity contribution in [3.8, 4) is 0 Å². The molecule has 7 nitrogen and oxygen atoms in total. The summed E-state index contributed by atoms with van der Waals surface area (Å²) in [6.45, 7) is -0.124. The molecular weight excluding hydrogens is 246 g/mol. The fourth-order valence-corrected chi connectivity index (χ4v) is 1.67. The van der Waals surface area contributed by atoms with Gasteiger partial charge in [-0.2, -0.15) is 9.97 Å². The normalized spacial score (nSPS) is 12.9. The largest absolute Gasteiger partial charge is 0.394 e. The molecule has 1 atom stereocenters. The Morgan fingerprint density at radius 3 is 2.94 bits per heavy atom. The molecule has 0 spiro atoms. The number of aromatic nitrogens is 4. The summed E-state index contributed by atoms with van der Waals surface area (Å²) in [4.78, 5) is 12.2. The molecule has 8 heteroatoms. The zero-order chi connectivity index (χ0) is 12.4. The number of halogens is 1. The van der Waals surface area contributed by atoms with Crippen LogP contribution in [0.15, 0.2) is 6.33 Å². The number of hydrogen-bond donors (Lipinski definition) is 3. The van der Waals surface area contributed by atoms with Gasteiger partial charge in [-0.1, -0.05) is 0 Å².